The van der Waals surface area contributed by atoms with Crippen LogP contribution in [0.4, 0.5) is 0 Å². The van der Waals surface area contributed by atoms with Crippen LogP contribution < -0.4 is 10.6 Å². The molecule has 1 aliphatic rings. The van der Waals surface area contributed by atoms with Crippen LogP contribution in [0, 0.1) is 5.92 Å². The van der Waals surface area contributed by atoms with E-state index in [0.717, 1.165) is 19.3 Å². The Morgan fingerprint density at radius 2 is 1.67 bits per heavy atom. The molecule has 2 unspecified atom stereocenters. The van der Waals surface area contributed by atoms with Gasteiger partial charge in [-0.1, -0.05) is 6.42 Å². The van der Waals surface area contributed by atoms with Gasteiger partial charge < -0.3 is 20.8 Å². The maximum atomic E-state index is 12.2. The van der Waals surface area contributed by atoms with Crippen molar-refractivity contribution in [3.05, 3.63) is 32.6 Å². The van der Waals surface area contributed by atoms with E-state index in [9.17, 15) is 19.8 Å². The van der Waals surface area contributed by atoms with Crippen LogP contribution in [0.3, 0.4) is 0 Å². The van der Waals surface area contributed by atoms with E-state index in [-0.39, 0.29) is 35.3 Å². The average Bonchev–Trinajstić information content (AvgIpc) is 3.26. The van der Waals surface area contributed by atoms with E-state index in [1.807, 2.05) is 0 Å². The first kappa shape index (κ1) is 16.8. The predicted octanol–water partition coefficient (Wildman–Crippen LogP) is 2.55. The summed E-state index contributed by atoms with van der Waals surface area (Å²) >= 11 is 2.40. The van der Waals surface area contributed by atoms with Gasteiger partial charge >= 0.3 is 0 Å². The molecule has 0 saturated heterocycles. The van der Waals surface area contributed by atoms with Crippen LogP contribution >= 0.6 is 22.7 Å². The van der Waals surface area contributed by atoms with Gasteiger partial charge in [-0.3, -0.25) is 9.59 Å². The number of carbonyl (C=O) groups excluding carboxylic acids is 2. The van der Waals surface area contributed by atoms with Crippen molar-refractivity contribution in [2.24, 2.45) is 5.92 Å². The molecule has 4 N–H and O–H groups in total. The quantitative estimate of drug-likeness (QED) is 0.653. The first-order valence-electron chi connectivity index (χ1n) is 7.67. The lowest BCUT2D eigenvalue weighted by Crippen LogP contribution is -2.41. The number of amides is 2. The van der Waals surface area contributed by atoms with Crippen molar-refractivity contribution in [3.63, 3.8) is 0 Å². The topological polar surface area (TPSA) is 98.7 Å². The highest BCUT2D eigenvalue weighted by molar-refractivity contribution is 7.12. The molecule has 3 rings (SSSR count). The molecule has 1 fully saturated rings. The number of rotatable bonds is 5. The Labute approximate surface area is 147 Å². The minimum atomic E-state index is -0.208. The minimum Gasteiger partial charge on any atom is -0.507 e. The maximum absolute atomic E-state index is 12.2. The summed E-state index contributed by atoms with van der Waals surface area (Å²) in [5.74, 6) is -0.0258. The molecule has 6 nitrogen and oxygen atoms in total. The van der Waals surface area contributed by atoms with Crippen LogP contribution in [0.25, 0.3) is 0 Å². The highest BCUT2D eigenvalue weighted by atomic mass is 32.1. The molecular weight excluding hydrogens is 348 g/mol. The summed E-state index contributed by atoms with van der Waals surface area (Å²) in [7, 11) is 0. The van der Waals surface area contributed by atoms with Crippen molar-refractivity contribution in [2.45, 2.75) is 25.3 Å². The normalized spacial score (nSPS) is 20.0. The highest BCUT2D eigenvalue weighted by Gasteiger charge is 2.29. The maximum Gasteiger partial charge on any atom is 0.261 e. The van der Waals surface area contributed by atoms with Gasteiger partial charge in [0.25, 0.3) is 11.8 Å². The standard InChI is InChI=1S/C16H18N2O4S2/c19-10-4-13(23-7-10)15(21)17-6-9-2-1-3-12(9)18-16(22)14-5-11(20)8-24-14/h4-5,7-9,12,19-20H,1-3,6H2,(H,17,21)(H,18,22). The van der Waals surface area contributed by atoms with Crippen LogP contribution in [-0.4, -0.2) is 34.6 Å². The second-order valence-corrected chi connectivity index (χ2v) is 7.64. The fourth-order valence-electron chi connectivity index (χ4n) is 2.91. The molecule has 8 heteroatoms. The second-order valence-electron chi connectivity index (χ2n) is 5.82. The van der Waals surface area contributed by atoms with Crippen molar-refractivity contribution in [3.8, 4) is 11.5 Å². The molecule has 0 radical (unpaired) electrons. The molecule has 2 heterocycles. The Hall–Kier alpha value is -2.06. The third kappa shape index (κ3) is 3.88. The summed E-state index contributed by atoms with van der Waals surface area (Å²) < 4.78 is 0. The van der Waals surface area contributed by atoms with E-state index >= 15 is 0 Å². The molecule has 2 amide bonds. The van der Waals surface area contributed by atoms with E-state index < -0.39 is 0 Å². The zero-order chi connectivity index (χ0) is 17.1. The predicted molar refractivity (Wildman–Crippen MR) is 92.9 cm³/mol. The monoisotopic (exact) mass is 366 g/mol. The number of aromatic hydroxyl groups is 2. The van der Waals surface area contributed by atoms with Crippen LogP contribution in [0.2, 0.25) is 0 Å². The Morgan fingerprint density at radius 3 is 2.25 bits per heavy atom. The Bertz CT molecular complexity index is 740. The summed E-state index contributed by atoms with van der Waals surface area (Å²) in [6, 6.07) is 2.91. The van der Waals surface area contributed by atoms with E-state index in [1.54, 1.807) is 0 Å². The number of thiophene rings is 2. The molecule has 0 bridgehead atoms. The third-order valence-electron chi connectivity index (χ3n) is 4.12. The van der Waals surface area contributed by atoms with E-state index in [1.165, 1.54) is 45.6 Å². The van der Waals surface area contributed by atoms with Crippen LogP contribution in [0.1, 0.15) is 38.6 Å². The molecule has 1 saturated carbocycles. The smallest absolute Gasteiger partial charge is 0.261 e. The lowest BCUT2D eigenvalue weighted by Gasteiger charge is -2.21. The Balaban J connectivity index is 1.53. The fraction of sp³-hybridized carbons (Fsp3) is 0.375. The third-order valence-corrected chi connectivity index (χ3v) is 5.95. The Morgan fingerprint density at radius 1 is 1.04 bits per heavy atom. The van der Waals surface area contributed by atoms with Crippen molar-refractivity contribution in [1.82, 2.24) is 10.6 Å². The zero-order valence-electron chi connectivity index (χ0n) is 12.8. The fourth-order valence-corrected chi connectivity index (χ4v) is 4.27. The summed E-state index contributed by atoms with van der Waals surface area (Å²) in [6.07, 6.45) is 2.82. The van der Waals surface area contributed by atoms with Crippen LogP contribution in [0.5, 0.6) is 11.5 Å². The lowest BCUT2D eigenvalue weighted by molar-refractivity contribution is 0.0926. The van der Waals surface area contributed by atoms with E-state index in [0.29, 0.717) is 16.3 Å². The number of carbonyl (C=O) groups is 2. The van der Waals surface area contributed by atoms with Crippen LogP contribution in [0.15, 0.2) is 22.9 Å². The van der Waals surface area contributed by atoms with Crippen molar-refractivity contribution in [2.75, 3.05) is 6.54 Å². The summed E-state index contributed by atoms with van der Waals surface area (Å²) in [6.45, 7) is 0.484. The van der Waals surface area contributed by atoms with Crippen molar-refractivity contribution < 1.29 is 19.8 Å². The van der Waals surface area contributed by atoms with E-state index in [2.05, 4.69) is 10.6 Å². The molecule has 2 aromatic rings. The van der Waals surface area contributed by atoms with Gasteiger partial charge in [0.15, 0.2) is 0 Å². The largest absolute Gasteiger partial charge is 0.507 e. The molecule has 0 aromatic carbocycles. The molecule has 0 aliphatic heterocycles. The first-order valence-corrected chi connectivity index (χ1v) is 9.43. The summed E-state index contributed by atoms with van der Waals surface area (Å²) in [4.78, 5) is 25.2. The number of hydrogen-bond donors (Lipinski definition) is 4. The SMILES string of the molecule is O=C(NCC1CCCC1NC(=O)c1cc(O)cs1)c1cc(O)cs1. The molecular formula is C16H18N2O4S2. The van der Waals surface area contributed by atoms with Gasteiger partial charge in [-0.2, -0.15) is 0 Å². The van der Waals surface area contributed by atoms with Crippen molar-refractivity contribution in [1.29, 1.82) is 0 Å². The summed E-state index contributed by atoms with van der Waals surface area (Å²) in [5.41, 5.74) is 0. The van der Waals surface area contributed by atoms with Gasteiger partial charge in [-0.25, -0.2) is 0 Å². The van der Waals surface area contributed by atoms with Gasteiger partial charge in [-0.15, -0.1) is 22.7 Å². The number of hydrogen-bond acceptors (Lipinski definition) is 6. The highest BCUT2D eigenvalue weighted by Crippen LogP contribution is 2.27. The van der Waals surface area contributed by atoms with Crippen molar-refractivity contribution >= 4 is 34.5 Å². The molecule has 128 valence electrons. The van der Waals surface area contributed by atoms with Gasteiger partial charge in [-0.05, 0) is 18.8 Å². The van der Waals surface area contributed by atoms with E-state index in [4.69, 9.17) is 0 Å². The number of nitrogens with one attached hydrogen (secondary N) is 2. The van der Waals surface area contributed by atoms with Gasteiger partial charge in [0.1, 0.15) is 11.5 Å². The molecule has 2 aromatic heterocycles. The van der Waals surface area contributed by atoms with Gasteiger partial charge in [0, 0.05) is 35.5 Å². The average molecular weight is 366 g/mol. The Kier molecular flexibility index (Phi) is 5.06. The molecule has 24 heavy (non-hydrogen) atoms. The first-order chi connectivity index (χ1) is 11.5. The second kappa shape index (κ2) is 7.23. The molecule has 2 atom stereocenters. The molecule has 1 aliphatic carbocycles. The summed E-state index contributed by atoms with van der Waals surface area (Å²) in [5, 5.41) is 27.5. The van der Waals surface area contributed by atoms with Gasteiger partial charge in [0.2, 0.25) is 0 Å². The molecule has 0 spiro atoms. The van der Waals surface area contributed by atoms with Crippen LogP contribution in [-0.2, 0) is 0 Å². The minimum absolute atomic E-state index is 0.0128. The lowest BCUT2D eigenvalue weighted by atomic mass is 10.0. The zero-order valence-corrected chi connectivity index (χ0v) is 14.5. The van der Waals surface area contributed by atoms with Gasteiger partial charge in [0.05, 0.1) is 9.75 Å².